The molecule has 92 valence electrons. The highest BCUT2D eigenvalue weighted by molar-refractivity contribution is 5.50. The van der Waals surface area contributed by atoms with Gasteiger partial charge >= 0.3 is 0 Å². The predicted molar refractivity (Wildman–Crippen MR) is 68.2 cm³/mol. The molecule has 2 aliphatic heterocycles. The van der Waals surface area contributed by atoms with Crippen molar-refractivity contribution in [1.82, 2.24) is 15.3 Å². The molecule has 1 aromatic heterocycles. The molecule has 4 nitrogen and oxygen atoms in total. The number of aryl methyl sites for hydroxylation is 1. The molecule has 0 aliphatic carbocycles. The van der Waals surface area contributed by atoms with Gasteiger partial charge in [-0.1, -0.05) is 0 Å². The summed E-state index contributed by atoms with van der Waals surface area (Å²) in [5.74, 6) is 2.13. The smallest absolute Gasteiger partial charge is 0.135 e. The lowest BCUT2D eigenvalue weighted by molar-refractivity contribution is 0.561. The van der Waals surface area contributed by atoms with Crippen LogP contribution in [-0.4, -0.2) is 29.6 Å². The van der Waals surface area contributed by atoms with Crippen molar-refractivity contribution >= 4 is 5.82 Å². The van der Waals surface area contributed by atoms with Crippen molar-refractivity contribution in [2.75, 3.05) is 24.5 Å². The maximum atomic E-state index is 4.70. The zero-order valence-corrected chi connectivity index (χ0v) is 10.5. The molecule has 1 N–H and O–H groups in total. The minimum absolute atomic E-state index is 0.902. The summed E-state index contributed by atoms with van der Waals surface area (Å²) in [5, 5.41) is 3.39. The average molecular weight is 232 g/mol. The van der Waals surface area contributed by atoms with E-state index < -0.39 is 0 Å². The van der Waals surface area contributed by atoms with E-state index in [9.17, 15) is 0 Å². The molecule has 3 rings (SSSR count). The molecule has 17 heavy (non-hydrogen) atoms. The summed E-state index contributed by atoms with van der Waals surface area (Å²) in [4.78, 5) is 11.7. The Morgan fingerprint density at radius 2 is 1.94 bits per heavy atom. The highest BCUT2D eigenvalue weighted by Gasteiger charge is 2.21. The van der Waals surface area contributed by atoms with Gasteiger partial charge in [0.2, 0.25) is 0 Å². The van der Waals surface area contributed by atoms with Crippen LogP contribution in [0.5, 0.6) is 0 Å². The van der Waals surface area contributed by atoms with E-state index in [1.165, 1.54) is 36.3 Å². The standard InChI is InChI=1S/C13H20N4/c1-10-15-12-9-14-6-5-11(12)13(16-10)17-7-3-2-4-8-17/h14H,2-9H2,1H3. The third kappa shape index (κ3) is 2.14. The maximum absolute atomic E-state index is 4.70. The molecule has 0 spiro atoms. The first-order valence-corrected chi connectivity index (χ1v) is 6.66. The molecule has 0 amide bonds. The van der Waals surface area contributed by atoms with Gasteiger partial charge in [-0.05, 0) is 39.2 Å². The first-order valence-electron chi connectivity index (χ1n) is 6.66. The second-order valence-corrected chi connectivity index (χ2v) is 4.99. The fraction of sp³-hybridized carbons (Fsp3) is 0.692. The Bertz CT molecular complexity index is 410. The van der Waals surface area contributed by atoms with Gasteiger partial charge in [-0.25, -0.2) is 9.97 Å². The number of aromatic nitrogens is 2. The van der Waals surface area contributed by atoms with Crippen LogP contribution >= 0.6 is 0 Å². The van der Waals surface area contributed by atoms with Crippen LogP contribution in [0.1, 0.15) is 36.3 Å². The van der Waals surface area contributed by atoms with Crippen LogP contribution in [0.15, 0.2) is 0 Å². The second-order valence-electron chi connectivity index (χ2n) is 4.99. The topological polar surface area (TPSA) is 41.1 Å². The van der Waals surface area contributed by atoms with E-state index in [4.69, 9.17) is 4.98 Å². The van der Waals surface area contributed by atoms with Crippen LogP contribution in [0.4, 0.5) is 5.82 Å². The molecule has 1 aromatic rings. The number of hydrogen-bond donors (Lipinski definition) is 1. The number of fused-ring (bicyclic) bond motifs is 1. The largest absolute Gasteiger partial charge is 0.356 e. The number of piperidine rings is 1. The molecular formula is C13H20N4. The fourth-order valence-corrected chi connectivity index (χ4v) is 2.83. The van der Waals surface area contributed by atoms with E-state index in [2.05, 4.69) is 15.2 Å². The molecule has 0 saturated carbocycles. The maximum Gasteiger partial charge on any atom is 0.135 e. The van der Waals surface area contributed by atoms with Gasteiger partial charge in [-0.3, -0.25) is 0 Å². The predicted octanol–water partition coefficient (Wildman–Crippen LogP) is 1.42. The minimum Gasteiger partial charge on any atom is -0.356 e. The van der Waals surface area contributed by atoms with Crippen LogP contribution in [-0.2, 0) is 13.0 Å². The molecule has 3 heterocycles. The number of nitrogens with zero attached hydrogens (tertiary/aromatic N) is 3. The van der Waals surface area contributed by atoms with Crippen LogP contribution in [0.3, 0.4) is 0 Å². The molecule has 4 heteroatoms. The molecule has 0 unspecified atom stereocenters. The third-order valence-corrected chi connectivity index (χ3v) is 3.68. The van der Waals surface area contributed by atoms with Crippen molar-refractivity contribution in [1.29, 1.82) is 0 Å². The Morgan fingerprint density at radius 3 is 2.76 bits per heavy atom. The number of hydrogen-bond acceptors (Lipinski definition) is 4. The average Bonchev–Trinajstić information content (AvgIpc) is 2.39. The first kappa shape index (κ1) is 11.0. The zero-order chi connectivity index (χ0) is 11.7. The van der Waals surface area contributed by atoms with Crippen molar-refractivity contribution in [3.05, 3.63) is 17.1 Å². The van der Waals surface area contributed by atoms with E-state index in [0.717, 1.165) is 38.4 Å². The first-order chi connectivity index (χ1) is 8.34. The van der Waals surface area contributed by atoms with Crippen LogP contribution in [0.25, 0.3) is 0 Å². The summed E-state index contributed by atoms with van der Waals surface area (Å²) in [7, 11) is 0. The Morgan fingerprint density at radius 1 is 1.12 bits per heavy atom. The number of nitrogens with one attached hydrogen (secondary N) is 1. The Labute approximate surface area is 102 Å². The zero-order valence-electron chi connectivity index (χ0n) is 10.5. The highest BCUT2D eigenvalue weighted by atomic mass is 15.2. The van der Waals surface area contributed by atoms with Crippen LogP contribution in [0.2, 0.25) is 0 Å². The van der Waals surface area contributed by atoms with E-state index in [-0.39, 0.29) is 0 Å². The van der Waals surface area contributed by atoms with Crippen molar-refractivity contribution in [3.63, 3.8) is 0 Å². The lowest BCUT2D eigenvalue weighted by Crippen LogP contribution is -2.34. The van der Waals surface area contributed by atoms with Crippen LogP contribution in [0, 0.1) is 6.92 Å². The monoisotopic (exact) mass is 232 g/mol. The quantitative estimate of drug-likeness (QED) is 0.795. The van der Waals surface area contributed by atoms with Gasteiger partial charge in [0.1, 0.15) is 11.6 Å². The molecule has 0 radical (unpaired) electrons. The van der Waals surface area contributed by atoms with Gasteiger partial charge in [0.05, 0.1) is 5.69 Å². The van der Waals surface area contributed by atoms with Gasteiger partial charge in [0.25, 0.3) is 0 Å². The van der Waals surface area contributed by atoms with Gasteiger partial charge in [-0.2, -0.15) is 0 Å². The van der Waals surface area contributed by atoms with Crippen molar-refractivity contribution in [2.45, 2.75) is 39.2 Å². The summed E-state index contributed by atoms with van der Waals surface area (Å²) in [6, 6.07) is 0. The summed E-state index contributed by atoms with van der Waals surface area (Å²) in [5.41, 5.74) is 2.60. The minimum atomic E-state index is 0.902. The lowest BCUT2D eigenvalue weighted by atomic mass is 10.0. The lowest BCUT2D eigenvalue weighted by Gasteiger charge is -2.31. The molecule has 0 atom stereocenters. The van der Waals surface area contributed by atoms with Crippen LogP contribution < -0.4 is 10.2 Å². The Hall–Kier alpha value is -1.16. The summed E-state index contributed by atoms with van der Waals surface area (Å²) >= 11 is 0. The van der Waals surface area contributed by atoms with Gasteiger partial charge < -0.3 is 10.2 Å². The number of anilines is 1. The van der Waals surface area contributed by atoms with Crippen molar-refractivity contribution < 1.29 is 0 Å². The summed E-state index contributed by atoms with van der Waals surface area (Å²) in [6.07, 6.45) is 5.04. The number of rotatable bonds is 1. The van der Waals surface area contributed by atoms with E-state index in [1.54, 1.807) is 0 Å². The van der Waals surface area contributed by atoms with Gasteiger partial charge in [0, 0.05) is 25.2 Å². The van der Waals surface area contributed by atoms with Crippen molar-refractivity contribution in [2.24, 2.45) is 0 Å². The molecule has 0 aromatic carbocycles. The molecule has 2 aliphatic rings. The Kier molecular flexibility index (Phi) is 2.97. The summed E-state index contributed by atoms with van der Waals surface area (Å²) in [6.45, 7) is 6.29. The third-order valence-electron chi connectivity index (χ3n) is 3.68. The fourth-order valence-electron chi connectivity index (χ4n) is 2.83. The SMILES string of the molecule is Cc1nc2c(c(N3CCCCC3)n1)CCNC2. The van der Waals surface area contributed by atoms with Crippen molar-refractivity contribution in [3.8, 4) is 0 Å². The highest BCUT2D eigenvalue weighted by Crippen LogP contribution is 2.26. The second kappa shape index (κ2) is 4.61. The molecule has 1 saturated heterocycles. The van der Waals surface area contributed by atoms with Gasteiger partial charge in [0.15, 0.2) is 0 Å². The molecule has 1 fully saturated rings. The molecular weight excluding hydrogens is 212 g/mol. The summed E-state index contributed by atoms with van der Waals surface area (Å²) < 4.78 is 0. The Balaban J connectivity index is 1.98. The van der Waals surface area contributed by atoms with E-state index in [0.29, 0.717) is 0 Å². The van der Waals surface area contributed by atoms with E-state index >= 15 is 0 Å². The normalized spacial score (nSPS) is 20.2. The van der Waals surface area contributed by atoms with E-state index in [1.807, 2.05) is 6.92 Å². The van der Waals surface area contributed by atoms with Gasteiger partial charge in [-0.15, -0.1) is 0 Å². The molecule has 0 bridgehead atoms.